The molecule has 1 nitrogen and oxygen atoms in total. The Morgan fingerprint density at radius 1 is 1.40 bits per heavy atom. The molecule has 0 bridgehead atoms. The smallest absolute Gasteiger partial charge is 0.00673 e. The summed E-state index contributed by atoms with van der Waals surface area (Å²) >= 11 is 4.19. The number of hydrogen-bond acceptors (Lipinski definition) is 2. The van der Waals surface area contributed by atoms with Gasteiger partial charge in [0.05, 0.1) is 0 Å². The number of hydrogen-bond donors (Lipinski definition) is 2. The molecule has 1 aliphatic rings. The molecule has 0 aromatic heterocycles. The molecule has 1 N–H and O–H groups in total. The van der Waals surface area contributed by atoms with Crippen LogP contribution < -0.4 is 5.32 Å². The van der Waals surface area contributed by atoms with Gasteiger partial charge in [0, 0.05) is 6.04 Å². The van der Waals surface area contributed by atoms with E-state index < -0.39 is 0 Å². The van der Waals surface area contributed by atoms with Crippen LogP contribution in [-0.2, 0) is 0 Å². The molecule has 0 aliphatic carbocycles. The lowest BCUT2D eigenvalue weighted by atomic mass is 10.0. The molecular formula is C8H17NS. The van der Waals surface area contributed by atoms with Crippen molar-refractivity contribution in [2.45, 2.75) is 38.1 Å². The number of piperidine rings is 1. The zero-order valence-electron chi connectivity index (χ0n) is 6.47. The van der Waals surface area contributed by atoms with Crippen molar-refractivity contribution < 1.29 is 0 Å². The lowest BCUT2D eigenvalue weighted by Gasteiger charge is -2.22. The maximum absolute atomic E-state index is 4.19. The lowest BCUT2D eigenvalue weighted by Crippen LogP contribution is -2.33. The normalized spacial score (nSPS) is 26.7. The molecule has 1 heterocycles. The van der Waals surface area contributed by atoms with Crippen LogP contribution >= 0.6 is 12.6 Å². The highest BCUT2D eigenvalue weighted by atomic mass is 32.1. The first kappa shape index (κ1) is 8.41. The van der Waals surface area contributed by atoms with Crippen LogP contribution in [0.15, 0.2) is 0 Å². The number of rotatable bonds is 3. The number of thiol groups is 1. The second-order valence-corrected chi connectivity index (χ2v) is 3.46. The Morgan fingerprint density at radius 2 is 2.30 bits per heavy atom. The van der Waals surface area contributed by atoms with Crippen molar-refractivity contribution in [1.29, 1.82) is 0 Å². The lowest BCUT2D eigenvalue weighted by molar-refractivity contribution is 0.381. The maximum atomic E-state index is 4.19. The van der Waals surface area contributed by atoms with Gasteiger partial charge in [-0.05, 0) is 38.0 Å². The number of nitrogens with one attached hydrogen (secondary N) is 1. The molecule has 1 rings (SSSR count). The van der Waals surface area contributed by atoms with Crippen LogP contribution in [0, 0.1) is 0 Å². The van der Waals surface area contributed by atoms with E-state index >= 15 is 0 Å². The summed E-state index contributed by atoms with van der Waals surface area (Å²) in [6.07, 6.45) is 6.76. The van der Waals surface area contributed by atoms with Crippen LogP contribution in [0.1, 0.15) is 32.1 Å². The van der Waals surface area contributed by atoms with E-state index in [0.29, 0.717) is 0 Å². The molecule has 0 unspecified atom stereocenters. The Labute approximate surface area is 69.0 Å². The molecule has 1 atom stereocenters. The van der Waals surface area contributed by atoms with E-state index in [2.05, 4.69) is 17.9 Å². The highest BCUT2D eigenvalue weighted by Crippen LogP contribution is 2.11. The van der Waals surface area contributed by atoms with Gasteiger partial charge >= 0.3 is 0 Å². The minimum atomic E-state index is 0.806. The van der Waals surface area contributed by atoms with E-state index in [0.717, 1.165) is 11.8 Å². The quantitative estimate of drug-likeness (QED) is 0.599. The topological polar surface area (TPSA) is 12.0 Å². The van der Waals surface area contributed by atoms with Crippen molar-refractivity contribution in [2.24, 2.45) is 0 Å². The Bertz CT molecular complexity index is 79.3. The third kappa shape index (κ3) is 2.93. The van der Waals surface area contributed by atoms with Gasteiger partial charge in [-0.1, -0.05) is 6.42 Å². The molecule has 0 aromatic carbocycles. The zero-order valence-corrected chi connectivity index (χ0v) is 7.37. The molecule has 0 radical (unpaired) electrons. The summed E-state index contributed by atoms with van der Waals surface area (Å²) in [5, 5.41) is 3.52. The van der Waals surface area contributed by atoms with Gasteiger partial charge in [-0.2, -0.15) is 12.6 Å². The van der Waals surface area contributed by atoms with Gasteiger partial charge in [-0.3, -0.25) is 0 Å². The molecular weight excluding hydrogens is 142 g/mol. The van der Waals surface area contributed by atoms with Gasteiger partial charge in [-0.25, -0.2) is 0 Å². The van der Waals surface area contributed by atoms with E-state index in [1.807, 2.05) is 0 Å². The average molecular weight is 159 g/mol. The first-order valence-corrected chi connectivity index (χ1v) is 4.91. The van der Waals surface area contributed by atoms with E-state index in [4.69, 9.17) is 0 Å². The van der Waals surface area contributed by atoms with Crippen molar-refractivity contribution in [3.8, 4) is 0 Å². The molecule has 2 heteroatoms. The molecule has 0 amide bonds. The monoisotopic (exact) mass is 159 g/mol. The first-order chi connectivity index (χ1) is 4.93. The summed E-state index contributed by atoms with van der Waals surface area (Å²) in [6, 6.07) is 0.806. The Morgan fingerprint density at radius 3 is 2.90 bits per heavy atom. The minimum absolute atomic E-state index is 0.806. The highest BCUT2D eigenvalue weighted by Gasteiger charge is 2.10. The van der Waals surface area contributed by atoms with Crippen LogP contribution in [0.25, 0.3) is 0 Å². The van der Waals surface area contributed by atoms with Gasteiger partial charge in [0.2, 0.25) is 0 Å². The predicted molar refractivity (Wildman–Crippen MR) is 48.7 cm³/mol. The zero-order chi connectivity index (χ0) is 7.23. The van der Waals surface area contributed by atoms with Crippen molar-refractivity contribution in [3.63, 3.8) is 0 Å². The minimum Gasteiger partial charge on any atom is -0.314 e. The average Bonchev–Trinajstić information content (AvgIpc) is 2.03. The second kappa shape index (κ2) is 5.03. The summed E-state index contributed by atoms with van der Waals surface area (Å²) in [4.78, 5) is 0. The second-order valence-electron chi connectivity index (χ2n) is 3.01. The van der Waals surface area contributed by atoms with Gasteiger partial charge in [0.15, 0.2) is 0 Å². The van der Waals surface area contributed by atoms with Crippen LogP contribution in [0.3, 0.4) is 0 Å². The van der Waals surface area contributed by atoms with Crippen LogP contribution in [0.4, 0.5) is 0 Å². The van der Waals surface area contributed by atoms with Gasteiger partial charge in [0.1, 0.15) is 0 Å². The summed E-state index contributed by atoms with van der Waals surface area (Å²) in [7, 11) is 0. The Balaban J connectivity index is 2.02. The molecule has 0 aromatic rings. The largest absolute Gasteiger partial charge is 0.314 e. The van der Waals surface area contributed by atoms with Gasteiger partial charge in [0.25, 0.3) is 0 Å². The molecule has 0 spiro atoms. The fraction of sp³-hybridized carbons (Fsp3) is 1.00. The van der Waals surface area contributed by atoms with Gasteiger partial charge in [-0.15, -0.1) is 0 Å². The Kier molecular flexibility index (Phi) is 4.23. The molecule has 1 aliphatic heterocycles. The van der Waals surface area contributed by atoms with E-state index in [1.165, 1.54) is 38.6 Å². The van der Waals surface area contributed by atoms with Crippen LogP contribution in [0.5, 0.6) is 0 Å². The van der Waals surface area contributed by atoms with E-state index in [-0.39, 0.29) is 0 Å². The third-order valence-electron chi connectivity index (χ3n) is 2.12. The highest BCUT2D eigenvalue weighted by molar-refractivity contribution is 7.80. The fourth-order valence-corrected chi connectivity index (χ4v) is 1.69. The molecule has 10 heavy (non-hydrogen) atoms. The van der Waals surface area contributed by atoms with Crippen LogP contribution in [0.2, 0.25) is 0 Å². The fourth-order valence-electron chi connectivity index (χ4n) is 1.51. The molecule has 0 saturated carbocycles. The van der Waals surface area contributed by atoms with Gasteiger partial charge < -0.3 is 5.32 Å². The van der Waals surface area contributed by atoms with Crippen molar-refractivity contribution in [3.05, 3.63) is 0 Å². The maximum Gasteiger partial charge on any atom is 0.00673 e. The van der Waals surface area contributed by atoms with Crippen LogP contribution in [-0.4, -0.2) is 18.3 Å². The Hall–Kier alpha value is 0.310. The van der Waals surface area contributed by atoms with Crippen molar-refractivity contribution in [1.82, 2.24) is 5.32 Å². The summed E-state index contributed by atoms with van der Waals surface area (Å²) in [6.45, 7) is 1.23. The third-order valence-corrected chi connectivity index (χ3v) is 2.44. The van der Waals surface area contributed by atoms with E-state index in [9.17, 15) is 0 Å². The standard InChI is InChI=1S/C8H17NS/c10-7-3-5-8-4-1-2-6-9-8/h8-10H,1-7H2/t8-/m0/s1. The summed E-state index contributed by atoms with van der Waals surface area (Å²) in [5.74, 6) is 1.04. The van der Waals surface area contributed by atoms with Crippen molar-refractivity contribution in [2.75, 3.05) is 12.3 Å². The predicted octanol–water partition coefficient (Wildman–Crippen LogP) is 1.84. The molecule has 60 valence electrons. The summed E-state index contributed by atoms with van der Waals surface area (Å²) in [5.41, 5.74) is 0. The SMILES string of the molecule is SCCC[C@@H]1CCCCN1. The summed E-state index contributed by atoms with van der Waals surface area (Å²) < 4.78 is 0. The molecule has 1 fully saturated rings. The molecule has 1 saturated heterocycles. The van der Waals surface area contributed by atoms with E-state index in [1.54, 1.807) is 0 Å². The van der Waals surface area contributed by atoms with Crippen molar-refractivity contribution >= 4 is 12.6 Å². The first-order valence-electron chi connectivity index (χ1n) is 4.27.